The molecule has 1 aliphatic rings. The van der Waals surface area contributed by atoms with Gasteiger partial charge in [0.25, 0.3) is 0 Å². The second kappa shape index (κ2) is 8.39. The smallest absolute Gasteiger partial charge is 0.244 e. The van der Waals surface area contributed by atoms with Crippen LogP contribution in [0.2, 0.25) is 0 Å². The van der Waals surface area contributed by atoms with E-state index in [2.05, 4.69) is 14.8 Å². The van der Waals surface area contributed by atoms with Crippen LogP contribution in [0.25, 0.3) is 11.3 Å². The lowest BCUT2D eigenvalue weighted by Gasteiger charge is -2.26. The molecular weight excluding hydrogens is 370 g/mol. The SMILES string of the molecule is COc1ccc(-c2onc(C)c2C)cc1S(=O)(=O)NCCN1CCOCC1. The van der Waals surface area contributed by atoms with Crippen molar-refractivity contribution in [3.8, 4) is 17.1 Å². The monoisotopic (exact) mass is 395 g/mol. The number of benzene rings is 1. The first-order valence-electron chi connectivity index (χ1n) is 8.83. The summed E-state index contributed by atoms with van der Waals surface area (Å²) in [6.45, 7) is 7.66. The number of nitrogens with one attached hydrogen (secondary N) is 1. The molecule has 0 radical (unpaired) electrons. The highest BCUT2D eigenvalue weighted by Gasteiger charge is 2.22. The number of aryl methyl sites for hydroxylation is 1. The number of hydrogen-bond acceptors (Lipinski definition) is 7. The van der Waals surface area contributed by atoms with Gasteiger partial charge in [0, 0.05) is 37.3 Å². The van der Waals surface area contributed by atoms with Crippen molar-refractivity contribution in [3.05, 3.63) is 29.5 Å². The van der Waals surface area contributed by atoms with Crippen molar-refractivity contribution in [1.82, 2.24) is 14.8 Å². The molecule has 0 saturated carbocycles. The minimum Gasteiger partial charge on any atom is -0.495 e. The molecule has 0 atom stereocenters. The summed E-state index contributed by atoms with van der Waals surface area (Å²) in [5, 5.41) is 3.94. The van der Waals surface area contributed by atoms with Crippen LogP contribution in [0.1, 0.15) is 11.3 Å². The molecule has 9 heteroatoms. The fourth-order valence-corrected chi connectivity index (χ4v) is 4.17. The molecule has 0 spiro atoms. The number of rotatable bonds is 7. The summed E-state index contributed by atoms with van der Waals surface area (Å²) in [7, 11) is -2.29. The van der Waals surface area contributed by atoms with E-state index in [0.29, 0.717) is 37.6 Å². The molecule has 27 heavy (non-hydrogen) atoms. The summed E-state index contributed by atoms with van der Waals surface area (Å²) < 4.78 is 44.3. The second-order valence-corrected chi connectivity index (χ2v) is 8.17. The lowest BCUT2D eigenvalue weighted by atomic mass is 10.1. The molecule has 1 fully saturated rings. The van der Waals surface area contributed by atoms with E-state index in [1.807, 2.05) is 13.8 Å². The van der Waals surface area contributed by atoms with Crippen LogP contribution in [0.3, 0.4) is 0 Å². The fourth-order valence-electron chi connectivity index (χ4n) is 2.95. The van der Waals surface area contributed by atoms with Gasteiger partial charge in [0.1, 0.15) is 10.6 Å². The first-order chi connectivity index (χ1) is 12.9. The van der Waals surface area contributed by atoms with E-state index in [0.717, 1.165) is 24.3 Å². The van der Waals surface area contributed by atoms with E-state index < -0.39 is 10.0 Å². The number of nitrogens with zero attached hydrogens (tertiary/aromatic N) is 2. The molecule has 8 nitrogen and oxygen atoms in total. The maximum absolute atomic E-state index is 12.8. The summed E-state index contributed by atoms with van der Waals surface area (Å²) in [6, 6.07) is 4.95. The Morgan fingerprint density at radius 3 is 2.63 bits per heavy atom. The molecule has 148 valence electrons. The maximum atomic E-state index is 12.8. The van der Waals surface area contributed by atoms with Gasteiger partial charge in [-0.25, -0.2) is 13.1 Å². The van der Waals surface area contributed by atoms with Crippen molar-refractivity contribution in [3.63, 3.8) is 0 Å². The minimum atomic E-state index is -3.74. The van der Waals surface area contributed by atoms with Gasteiger partial charge in [-0.05, 0) is 32.0 Å². The Bertz CT molecular complexity index is 888. The molecule has 2 aromatic rings. The first kappa shape index (κ1) is 19.8. The molecule has 3 rings (SSSR count). The van der Waals surface area contributed by atoms with Gasteiger partial charge in [-0.3, -0.25) is 4.90 Å². The number of methoxy groups -OCH3 is 1. The molecule has 1 aromatic heterocycles. The molecule has 0 unspecified atom stereocenters. The van der Waals surface area contributed by atoms with Crippen molar-refractivity contribution < 1.29 is 22.4 Å². The number of ether oxygens (including phenoxy) is 2. The van der Waals surface area contributed by atoms with E-state index >= 15 is 0 Å². The zero-order valence-corrected chi connectivity index (χ0v) is 16.6. The maximum Gasteiger partial charge on any atom is 0.244 e. The third kappa shape index (κ3) is 4.49. The quantitative estimate of drug-likeness (QED) is 0.761. The first-order valence-corrected chi connectivity index (χ1v) is 10.3. The molecule has 0 aliphatic carbocycles. The number of aromatic nitrogens is 1. The molecule has 1 aliphatic heterocycles. The largest absolute Gasteiger partial charge is 0.495 e. The number of sulfonamides is 1. The molecule has 1 saturated heterocycles. The normalized spacial score (nSPS) is 15.8. The van der Waals surface area contributed by atoms with E-state index in [4.69, 9.17) is 14.0 Å². The lowest BCUT2D eigenvalue weighted by molar-refractivity contribution is 0.0390. The average Bonchev–Trinajstić information content (AvgIpc) is 3.01. The van der Waals surface area contributed by atoms with Crippen molar-refractivity contribution in [2.75, 3.05) is 46.5 Å². The van der Waals surface area contributed by atoms with Crippen LogP contribution >= 0.6 is 0 Å². The molecule has 1 aromatic carbocycles. The topological polar surface area (TPSA) is 93.9 Å². The highest BCUT2D eigenvalue weighted by molar-refractivity contribution is 7.89. The Morgan fingerprint density at radius 2 is 2.00 bits per heavy atom. The van der Waals surface area contributed by atoms with E-state index in [1.54, 1.807) is 18.2 Å². The Labute approximate surface area is 159 Å². The second-order valence-electron chi connectivity index (χ2n) is 6.44. The van der Waals surface area contributed by atoms with Gasteiger partial charge < -0.3 is 14.0 Å². The van der Waals surface area contributed by atoms with Crippen LogP contribution < -0.4 is 9.46 Å². The Balaban J connectivity index is 1.80. The van der Waals surface area contributed by atoms with Gasteiger partial charge in [0.05, 0.1) is 26.0 Å². The van der Waals surface area contributed by atoms with Gasteiger partial charge in [-0.2, -0.15) is 0 Å². The van der Waals surface area contributed by atoms with Crippen LogP contribution in [0.5, 0.6) is 5.75 Å². The van der Waals surface area contributed by atoms with E-state index in [-0.39, 0.29) is 10.6 Å². The zero-order chi connectivity index (χ0) is 19.4. The van der Waals surface area contributed by atoms with Gasteiger partial charge in [-0.15, -0.1) is 0 Å². The number of morpholine rings is 1. The standard InChI is InChI=1S/C18H25N3O5S/c1-13-14(2)20-26-18(13)15-4-5-16(24-3)17(12-15)27(22,23)19-6-7-21-8-10-25-11-9-21/h4-5,12,19H,6-11H2,1-3H3. The molecule has 1 N–H and O–H groups in total. The zero-order valence-electron chi connectivity index (χ0n) is 15.8. The molecule has 0 amide bonds. The minimum absolute atomic E-state index is 0.0814. The Morgan fingerprint density at radius 1 is 1.26 bits per heavy atom. The highest BCUT2D eigenvalue weighted by atomic mass is 32.2. The fraction of sp³-hybridized carbons (Fsp3) is 0.500. The van der Waals surface area contributed by atoms with Crippen molar-refractivity contribution in [1.29, 1.82) is 0 Å². The van der Waals surface area contributed by atoms with Gasteiger partial charge >= 0.3 is 0 Å². The Hall–Kier alpha value is -1.94. The van der Waals surface area contributed by atoms with Crippen LogP contribution in [-0.4, -0.2) is 65.0 Å². The third-order valence-corrected chi connectivity index (χ3v) is 6.18. The van der Waals surface area contributed by atoms with E-state index in [1.165, 1.54) is 7.11 Å². The van der Waals surface area contributed by atoms with Crippen molar-refractivity contribution in [2.24, 2.45) is 0 Å². The summed E-state index contributed by atoms with van der Waals surface area (Å²) in [4.78, 5) is 2.25. The van der Waals surface area contributed by atoms with Gasteiger partial charge in [0.15, 0.2) is 5.76 Å². The molecule has 2 heterocycles. The molecule has 0 bridgehead atoms. The predicted molar refractivity (Wildman–Crippen MR) is 100 cm³/mol. The van der Waals surface area contributed by atoms with Gasteiger partial charge in [-0.1, -0.05) is 5.16 Å². The predicted octanol–water partition coefficient (Wildman–Crippen LogP) is 1.58. The highest BCUT2D eigenvalue weighted by Crippen LogP contribution is 2.32. The van der Waals surface area contributed by atoms with Gasteiger partial charge in [0.2, 0.25) is 10.0 Å². The number of hydrogen-bond donors (Lipinski definition) is 1. The summed E-state index contributed by atoms with van der Waals surface area (Å²) in [5.41, 5.74) is 2.29. The van der Waals surface area contributed by atoms with Crippen LogP contribution in [0, 0.1) is 13.8 Å². The summed E-state index contributed by atoms with van der Waals surface area (Å²) in [6.07, 6.45) is 0. The third-order valence-electron chi connectivity index (χ3n) is 4.70. The summed E-state index contributed by atoms with van der Waals surface area (Å²) in [5.74, 6) is 0.839. The van der Waals surface area contributed by atoms with E-state index in [9.17, 15) is 8.42 Å². The van der Waals surface area contributed by atoms with Crippen LogP contribution in [-0.2, 0) is 14.8 Å². The summed E-state index contributed by atoms with van der Waals surface area (Å²) >= 11 is 0. The lowest BCUT2D eigenvalue weighted by Crippen LogP contribution is -2.41. The Kier molecular flexibility index (Phi) is 6.15. The van der Waals surface area contributed by atoms with Crippen molar-refractivity contribution in [2.45, 2.75) is 18.7 Å². The average molecular weight is 395 g/mol. The van der Waals surface area contributed by atoms with Crippen LogP contribution in [0.15, 0.2) is 27.6 Å². The molecular formula is C18H25N3O5S. The van der Waals surface area contributed by atoms with Crippen LogP contribution in [0.4, 0.5) is 0 Å². The van der Waals surface area contributed by atoms with Crippen molar-refractivity contribution >= 4 is 10.0 Å².